The minimum atomic E-state index is -0.468. The van der Waals surface area contributed by atoms with Crippen LogP contribution in [0.25, 0.3) is 11.3 Å². The highest BCUT2D eigenvalue weighted by molar-refractivity contribution is 7.16. The van der Waals surface area contributed by atoms with Gasteiger partial charge in [0.15, 0.2) is 5.13 Å². The van der Waals surface area contributed by atoms with Crippen molar-refractivity contribution in [1.29, 1.82) is 0 Å². The van der Waals surface area contributed by atoms with Crippen LogP contribution in [0.5, 0.6) is 5.75 Å². The van der Waals surface area contributed by atoms with Crippen molar-refractivity contribution in [3.8, 4) is 17.0 Å². The summed E-state index contributed by atoms with van der Waals surface area (Å²) in [5.41, 5.74) is 2.47. The second kappa shape index (κ2) is 8.62. The molecule has 3 rings (SSSR count). The fourth-order valence-electron chi connectivity index (χ4n) is 2.68. The van der Waals surface area contributed by atoms with Gasteiger partial charge in [0, 0.05) is 22.6 Å². The lowest BCUT2D eigenvalue weighted by molar-refractivity contribution is -0.384. The molecule has 0 spiro atoms. The number of thiazole rings is 1. The quantitative estimate of drug-likeness (QED) is 0.464. The third-order valence-corrected chi connectivity index (χ3v) is 4.88. The van der Waals surface area contributed by atoms with Crippen molar-refractivity contribution < 1.29 is 14.5 Å². The Morgan fingerprint density at radius 1 is 1.18 bits per heavy atom. The molecule has 28 heavy (non-hydrogen) atoms. The molecule has 0 fully saturated rings. The van der Waals surface area contributed by atoms with Crippen LogP contribution < -0.4 is 10.1 Å². The Balaban J connectivity index is 1.67. The molecule has 144 valence electrons. The topological polar surface area (TPSA) is 94.4 Å². The van der Waals surface area contributed by atoms with Gasteiger partial charge in [-0.15, -0.1) is 11.3 Å². The molecule has 8 heteroatoms. The summed E-state index contributed by atoms with van der Waals surface area (Å²) in [4.78, 5) is 28.0. The summed E-state index contributed by atoms with van der Waals surface area (Å²) in [7, 11) is 0. The summed E-state index contributed by atoms with van der Waals surface area (Å²) in [5, 5.41) is 14.0. The average molecular weight is 397 g/mol. The van der Waals surface area contributed by atoms with Gasteiger partial charge in [0.25, 0.3) is 5.69 Å². The Kier molecular flexibility index (Phi) is 6.00. The predicted molar refractivity (Wildman–Crippen MR) is 109 cm³/mol. The molecule has 1 N–H and O–H groups in total. The van der Waals surface area contributed by atoms with Gasteiger partial charge in [0.1, 0.15) is 5.75 Å². The number of amides is 1. The lowest BCUT2D eigenvalue weighted by atomic mass is 10.1. The second-order valence-corrected chi connectivity index (χ2v) is 7.23. The van der Waals surface area contributed by atoms with Crippen molar-refractivity contribution in [2.45, 2.75) is 20.3 Å². The minimum absolute atomic E-state index is 0.000275. The number of non-ortho nitro benzene ring substituents is 1. The number of benzene rings is 2. The van der Waals surface area contributed by atoms with Crippen molar-refractivity contribution in [3.05, 3.63) is 69.1 Å². The van der Waals surface area contributed by atoms with Gasteiger partial charge < -0.3 is 10.1 Å². The molecule has 2 aromatic carbocycles. The SMILES string of the molecule is CCOc1ccc(-c2nc(NC(=O)Cc3ccc([N+](=O)[O-])cc3)sc2C)cc1. The number of nitro groups is 1. The first-order chi connectivity index (χ1) is 13.5. The number of carbonyl (C=O) groups excluding carboxylic acids is 1. The first-order valence-corrected chi connectivity index (χ1v) is 9.51. The van der Waals surface area contributed by atoms with E-state index in [1.54, 1.807) is 12.1 Å². The fraction of sp³-hybridized carbons (Fsp3) is 0.200. The van der Waals surface area contributed by atoms with E-state index in [-0.39, 0.29) is 18.0 Å². The van der Waals surface area contributed by atoms with Crippen LogP contribution in [0.1, 0.15) is 17.4 Å². The number of carbonyl (C=O) groups is 1. The van der Waals surface area contributed by atoms with Crippen molar-refractivity contribution in [2.24, 2.45) is 0 Å². The normalized spacial score (nSPS) is 10.5. The highest BCUT2D eigenvalue weighted by Gasteiger charge is 2.13. The predicted octanol–water partition coefficient (Wildman–Crippen LogP) is 4.61. The summed E-state index contributed by atoms with van der Waals surface area (Å²) in [6.07, 6.45) is 0.120. The van der Waals surface area contributed by atoms with Crippen LogP contribution in [0.2, 0.25) is 0 Å². The number of aromatic nitrogens is 1. The van der Waals surface area contributed by atoms with Crippen LogP contribution in [-0.4, -0.2) is 22.4 Å². The van der Waals surface area contributed by atoms with Gasteiger partial charge in [0.05, 0.1) is 23.6 Å². The van der Waals surface area contributed by atoms with E-state index in [1.165, 1.54) is 23.5 Å². The summed E-state index contributed by atoms with van der Waals surface area (Å²) >= 11 is 1.41. The zero-order valence-electron chi connectivity index (χ0n) is 15.5. The Morgan fingerprint density at radius 3 is 2.46 bits per heavy atom. The molecule has 1 amide bonds. The lowest BCUT2D eigenvalue weighted by Crippen LogP contribution is -2.14. The molecule has 0 aliphatic rings. The van der Waals surface area contributed by atoms with Crippen LogP contribution in [0.4, 0.5) is 10.8 Å². The maximum atomic E-state index is 12.3. The van der Waals surface area contributed by atoms with E-state index in [2.05, 4.69) is 10.3 Å². The third kappa shape index (κ3) is 4.72. The summed E-state index contributed by atoms with van der Waals surface area (Å²) in [5.74, 6) is 0.580. The summed E-state index contributed by atoms with van der Waals surface area (Å²) in [6.45, 7) is 4.50. The van der Waals surface area contributed by atoms with E-state index in [4.69, 9.17) is 4.74 Å². The second-order valence-electron chi connectivity index (χ2n) is 6.03. The van der Waals surface area contributed by atoms with Gasteiger partial charge >= 0.3 is 0 Å². The van der Waals surface area contributed by atoms with E-state index in [1.807, 2.05) is 38.1 Å². The molecule has 0 aliphatic carbocycles. The average Bonchev–Trinajstić information content (AvgIpc) is 3.03. The summed E-state index contributed by atoms with van der Waals surface area (Å²) in [6, 6.07) is 13.6. The smallest absolute Gasteiger partial charge is 0.269 e. The standard InChI is InChI=1S/C20H19N3O4S/c1-3-27-17-10-6-15(7-11-17)19-13(2)28-20(22-19)21-18(24)12-14-4-8-16(9-5-14)23(25)26/h4-11H,3,12H2,1-2H3,(H,21,22,24). The number of nitrogens with one attached hydrogen (secondary N) is 1. The van der Waals surface area contributed by atoms with Crippen LogP contribution in [0.15, 0.2) is 48.5 Å². The van der Waals surface area contributed by atoms with E-state index < -0.39 is 4.92 Å². The zero-order chi connectivity index (χ0) is 20.1. The largest absolute Gasteiger partial charge is 0.494 e. The van der Waals surface area contributed by atoms with E-state index in [0.717, 1.165) is 21.9 Å². The first kappa shape index (κ1) is 19.5. The number of anilines is 1. The van der Waals surface area contributed by atoms with Gasteiger partial charge in [-0.05, 0) is 43.7 Å². The number of aryl methyl sites for hydroxylation is 1. The highest BCUT2D eigenvalue weighted by Crippen LogP contribution is 2.31. The Labute approximate surface area is 166 Å². The summed E-state index contributed by atoms with van der Waals surface area (Å²) < 4.78 is 5.45. The van der Waals surface area contributed by atoms with E-state index in [9.17, 15) is 14.9 Å². The van der Waals surface area contributed by atoms with E-state index >= 15 is 0 Å². The van der Waals surface area contributed by atoms with Crippen molar-refractivity contribution >= 4 is 28.1 Å². The van der Waals surface area contributed by atoms with Crippen molar-refractivity contribution in [1.82, 2.24) is 4.98 Å². The Bertz CT molecular complexity index is 982. The first-order valence-electron chi connectivity index (χ1n) is 8.70. The fourth-order valence-corrected chi connectivity index (χ4v) is 3.53. The van der Waals surface area contributed by atoms with Crippen molar-refractivity contribution in [2.75, 3.05) is 11.9 Å². The number of ether oxygens (including phenoxy) is 1. The maximum Gasteiger partial charge on any atom is 0.269 e. The molecule has 0 aliphatic heterocycles. The van der Waals surface area contributed by atoms with Gasteiger partial charge in [-0.2, -0.15) is 0 Å². The zero-order valence-corrected chi connectivity index (χ0v) is 16.3. The molecule has 7 nitrogen and oxygen atoms in total. The molecule has 1 aromatic heterocycles. The van der Waals surface area contributed by atoms with Crippen LogP contribution in [0, 0.1) is 17.0 Å². The maximum absolute atomic E-state index is 12.3. The molecule has 0 radical (unpaired) electrons. The van der Waals surface area contributed by atoms with Gasteiger partial charge in [-0.25, -0.2) is 4.98 Å². The number of hydrogen-bond acceptors (Lipinski definition) is 6. The molecule has 0 bridgehead atoms. The third-order valence-electron chi connectivity index (χ3n) is 3.99. The van der Waals surface area contributed by atoms with E-state index in [0.29, 0.717) is 17.3 Å². The van der Waals surface area contributed by atoms with Gasteiger partial charge in [-0.3, -0.25) is 14.9 Å². The molecule has 0 atom stereocenters. The highest BCUT2D eigenvalue weighted by atomic mass is 32.1. The number of nitro benzene ring substituents is 1. The van der Waals surface area contributed by atoms with Crippen molar-refractivity contribution in [3.63, 3.8) is 0 Å². The number of nitrogens with zero attached hydrogens (tertiary/aromatic N) is 2. The molecule has 1 heterocycles. The number of rotatable bonds is 7. The molecule has 0 saturated heterocycles. The van der Waals surface area contributed by atoms with Gasteiger partial charge in [-0.1, -0.05) is 12.1 Å². The molecule has 0 unspecified atom stereocenters. The number of hydrogen-bond donors (Lipinski definition) is 1. The monoisotopic (exact) mass is 397 g/mol. The molecule has 3 aromatic rings. The van der Waals surface area contributed by atoms with Crippen LogP contribution in [0.3, 0.4) is 0 Å². The van der Waals surface area contributed by atoms with Crippen LogP contribution in [-0.2, 0) is 11.2 Å². The van der Waals surface area contributed by atoms with Gasteiger partial charge in [0.2, 0.25) is 5.91 Å². The molecular formula is C20H19N3O4S. The minimum Gasteiger partial charge on any atom is -0.494 e. The molecular weight excluding hydrogens is 378 g/mol. The Morgan fingerprint density at radius 2 is 1.86 bits per heavy atom. The Hall–Kier alpha value is -3.26. The van der Waals surface area contributed by atoms with Crippen LogP contribution >= 0.6 is 11.3 Å². The molecule has 0 saturated carbocycles. The lowest BCUT2D eigenvalue weighted by Gasteiger charge is -2.04.